The molecule has 0 aliphatic heterocycles. The Hall–Kier alpha value is -2.57. The van der Waals surface area contributed by atoms with Crippen LogP contribution in [-0.2, 0) is 26.1 Å². The number of rotatable bonds is 8. The van der Waals surface area contributed by atoms with Crippen molar-refractivity contribution in [1.29, 1.82) is 0 Å². The van der Waals surface area contributed by atoms with Crippen LogP contribution in [-0.4, -0.2) is 45.9 Å². The molecule has 0 bridgehead atoms. The number of carbonyl (C=O) groups is 2. The van der Waals surface area contributed by atoms with Crippen LogP contribution in [0.3, 0.4) is 0 Å². The van der Waals surface area contributed by atoms with E-state index in [9.17, 15) is 33.2 Å². The summed E-state index contributed by atoms with van der Waals surface area (Å²) in [4.78, 5) is 31.3. The summed E-state index contributed by atoms with van der Waals surface area (Å²) in [7, 11) is -4.80. The first-order valence-corrected chi connectivity index (χ1v) is 7.85. The Kier molecular flexibility index (Phi) is 5.95. The summed E-state index contributed by atoms with van der Waals surface area (Å²) in [6.45, 7) is 0. The maximum Gasteiger partial charge on any atom is 0.320 e. The second kappa shape index (κ2) is 7.33. The summed E-state index contributed by atoms with van der Waals surface area (Å²) in [5, 5.41) is 29.2. The molecule has 12 heteroatoms. The molecule has 0 saturated heterocycles. The molecule has 24 heavy (non-hydrogen) atoms. The molecule has 0 radical (unpaired) electrons. The van der Waals surface area contributed by atoms with Crippen LogP contribution in [0.1, 0.15) is 18.4 Å². The van der Waals surface area contributed by atoms with Crippen molar-refractivity contribution in [3.63, 3.8) is 0 Å². The molecule has 1 aromatic rings. The van der Waals surface area contributed by atoms with Crippen molar-refractivity contribution in [3.05, 3.63) is 27.8 Å². The van der Waals surface area contributed by atoms with Gasteiger partial charge < -0.3 is 15.9 Å². The van der Waals surface area contributed by atoms with Gasteiger partial charge in [-0.15, -0.1) is 0 Å². The van der Waals surface area contributed by atoms with E-state index < -0.39 is 55.6 Å². The molecule has 1 atom stereocenters. The SMILES string of the molecule is N[C@@H](CCC(=O)Cc1cc(S(=O)(=O)O)cc([N+](=O)[O-])c1O)C(=O)O. The van der Waals surface area contributed by atoms with E-state index in [1.54, 1.807) is 0 Å². The second-order valence-electron chi connectivity index (χ2n) is 4.88. The van der Waals surface area contributed by atoms with E-state index in [1.807, 2.05) is 0 Å². The Morgan fingerprint density at radius 2 is 1.92 bits per heavy atom. The van der Waals surface area contributed by atoms with E-state index in [4.69, 9.17) is 15.4 Å². The summed E-state index contributed by atoms with van der Waals surface area (Å²) in [6.07, 6.45) is -1.09. The van der Waals surface area contributed by atoms with Gasteiger partial charge in [0.15, 0.2) is 5.75 Å². The van der Waals surface area contributed by atoms with Gasteiger partial charge in [0.2, 0.25) is 0 Å². The van der Waals surface area contributed by atoms with Crippen LogP contribution < -0.4 is 5.73 Å². The number of hydrogen-bond acceptors (Lipinski definition) is 8. The highest BCUT2D eigenvalue weighted by molar-refractivity contribution is 7.85. The smallest absolute Gasteiger partial charge is 0.320 e. The lowest BCUT2D eigenvalue weighted by Crippen LogP contribution is -2.30. The van der Waals surface area contributed by atoms with Crippen molar-refractivity contribution in [2.45, 2.75) is 30.2 Å². The number of carboxylic acid groups (broad SMARTS) is 1. The minimum absolute atomic E-state index is 0.199. The molecule has 132 valence electrons. The molecular weight excluding hydrogens is 348 g/mol. The molecule has 0 aliphatic rings. The number of phenolic OH excluding ortho intramolecular Hbond substituents is 1. The Labute approximate surface area is 135 Å². The molecular formula is C12H14N2O9S. The van der Waals surface area contributed by atoms with Gasteiger partial charge in [-0.2, -0.15) is 8.42 Å². The third kappa shape index (κ3) is 4.97. The predicted octanol–water partition coefficient (Wildman–Crippen LogP) is -0.149. The number of nitrogens with zero attached hydrogens (tertiary/aromatic N) is 1. The Morgan fingerprint density at radius 1 is 1.33 bits per heavy atom. The predicted molar refractivity (Wildman–Crippen MR) is 78.1 cm³/mol. The van der Waals surface area contributed by atoms with E-state index in [0.29, 0.717) is 6.07 Å². The fourth-order valence-corrected chi connectivity index (χ4v) is 2.36. The van der Waals surface area contributed by atoms with E-state index in [-0.39, 0.29) is 18.4 Å². The van der Waals surface area contributed by atoms with E-state index in [2.05, 4.69) is 0 Å². The van der Waals surface area contributed by atoms with E-state index in [1.165, 1.54) is 0 Å². The van der Waals surface area contributed by atoms with Crippen molar-refractivity contribution in [2.75, 3.05) is 0 Å². The van der Waals surface area contributed by atoms with Gasteiger partial charge in [0, 0.05) is 24.5 Å². The number of nitro benzene ring substituents is 1. The molecule has 0 heterocycles. The number of nitrogens with two attached hydrogens (primary N) is 1. The Morgan fingerprint density at radius 3 is 2.38 bits per heavy atom. The molecule has 0 unspecified atom stereocenters. The maximum atomic E-state index is 11.8. The highest BCUT2D eigenvalue weighted by Crippen LogP contribution is 2.33. The fourth-order valence-electron chi connectivity index (χ4n) is 1.81. The average Bonchev–Trinajstić information content (AvgIpc) is 2.45. The molecule has 11 nitrogen and oxygen atoms in total. The normalized spacial score (nSPS) is 12.6. The molecule has 0 saturated carbocycles. The third-order valence-electron chi connectivity index (χ3n) is 3.08. The number of ketones is 1. The molecule has 0 fully saturated rings. The van der Waals surface area contributed by atoms with E-state index >= 15 is 0 Å². The zero-order chi connectivity index (χ0) is 18.7. The van der Waals surface area contributed by atoms with Gasteiger partial charge in [-0.05, 0) is 12.5 Å². The lowest BCUT2D eigenvalue weighted by Gasteiger charge is -2.08. The molecule has 0 amide bonds. The van der Waals surface area contributed by atoms with Gasteiger partial charge >= 0.3 is 11.7 Å². The number of Topliss-reactive ketones (excluding diaryl/α,β-unsaturated/α-hetero) is 1. The summed E-state index contributed by atoms with van der Waals surface area (Å²) in [5.74, 6) is -2.85. The molecule has 0 aliphatic carbocycles. The molecule has 0 aromatic heterocycles. The second-order valence-corrected chi connectivity index (χ2v) is 6.30. The quantitative estimate of drug-likeness (QED) is 0.274. The summed E-state index contributed by atoms with van der Waals surface area (Å²) >= 11 is 0. The number of aromatic hydroxyl groups is 1. The minimum Gasteiger partial charge on any atom is -0.502 e. The number of nitro groups is 1. The summed E-state index contributed by atoms with van der Waals surface area (Å²) in [6, 6.07) is -0.0906. The van der Waals surface area contributed by atoms with E-state index in [0.717, 1.165) is 6.07 Å². The highest BCUT2D eigenvalue weighted by Gasteiger charge is 2.25. The van der Waals surface area contributed by atoms with Crippen LogP contribution >= 0.6 is 0 Å². The van der Waals surface area contributed by atoms with Crippen LogP contribution in [0.25, 0.3) is 0 Å². The van der Waals surface area contributed by atoms with Crippen molar-refractivity contribution in [1.82, 2.24) is 0 Å². The lowest BCUT2D eigenvalue weighted by molar-refractivity contribution is -0.386. The fraction of sp³-hybridized carbons (Fsp3) is 0.333. The zero-order valence-corrected chi connectivity index (χ0v) is 12.9. The van der Waals surface area contributed by atoms with Crippen LogP contribution in [0.15, 0.2) is 17.0 Å². The molecule has 1 rings (SSSR count). The van der Waals surface area contributed by atoms with Crippen molar-refractivity contribution >= 4 is 27.6 Å². The van der Waals surface area contributed by atoms with Crippen molar-refractivity contribution < 1.29 is 37.7 Å². The van der Waals surface area contributed by atoms with Gasteiger partial charge in [-0.25, -0.2) is 0 Å². The maximum absolute atomic E-state index is 11.8. The van der Waals surface area contributed by atoms with Crippen LogP contribution in [0.2, 0.25) is 0 Å². The monoisotopic (exact) mass is 362 g/mol. The van der Waals surface area contributed by atoms with Gasteiger partial charge in [0.25, 0.3) is 10.1 Å². The van der Waals surface area contributed by atoms with Crippen molar-refractivity contribution in [3.8, 4) is 5.75 Å². The molecule has 0 spiro atoms. The first-order valence-electron chi connectivity index (χ1n) is 6.41. The first-order chi connectivity index (χ1) is 10.9. The average molecular weight is 362 g/mol. The lowest BCUT2D eigenvalue weighted by atomic mass is 10.0. The van der Waals surface area contributed by atoms with Crippen molar-refractivity contribution in [2.24, 2.45) is 5.73 Å². The van der Waals surface area contributed by atoms with Gasteiger partial charge in [0.1, 0.15) is 16.7 Å². The Balaban J connectivity index is 3.10. The van der Waals surface area contributed by atoms with Gasteiger partial charge in [-0.3, -0.25) is 24.3 Å². The van der Waals surface area contributed by atoms with Crippen LogP contribution in [0.4, 0.5) is 5.69 Å². The van der Waals surface area contributed by atoms with Crippen LogP contribution in [0, 0.1) is 10.1 Å². The summed E-state index contributed by atoms with van der Waals surface area (Å²) < 4.78 is 31.2. The largest absolute Gasteiger partial charge is 0.502 e. The number of aliphatic carboxylic acids is 1. The molecule has 5 N–H and O–H groups in total. The first kappa shape index (κ1) is 19.5. The zero-order valence-electron chi connectivity index (χ0n) is 12.1. The number of phenols is 1. The Bertz CT molecular complexity index is 788. The summed E-state index contributed by atoms with van der Waals surface area (Å²) in [5.41, 5.74) is 3.86. The number of hydrogen-bond donors (Lipinski definition) is 4. The van der Waals surface area contributed by atoms with Gasteiger partial charge in [0.05, 0.1) is 4.92 Å². The molecule has 1 aromatic carbocycles. The number of carbonyl (C=O) groups excluding carboxylic acids is 1. The third-order valence-corrected chi connectivity index (χ3v) is 3.91. The standard InChI is InChI=1S/C12H14N2O9S/c13-9(12(17)18)2-1-7(15)3-6-4-8(24(21,22)23)5-10(11(6)16)14(19)20/h4-5,9,16H,1-3,13H2,(H,17,18)(H,21,22,23)/t9-/m0/s1. The minimum atomic E-state index is -4.80. The topological polar surface area (TPSA) is 198 Å². The highest BCUT2D eigenvalue weighted by atomic mass is 32.2. The van der Waals surface area contributed by atoms with Gasteiger partial charge in [-0.1, -0.05) is 0 Å². The van der Waals surface area contributed by atoms with Crippen LogP contribution in [0.5, 0.6) is 5.75 Å². The number of benzene rings is 1. The number of carboxylic acids is 1.